The molecule has 0 heterocycles. The summed E-state index contributed by atoms with van der Waals surface area (Å²) in [6, 6.07) is 4.40. The van der Waals surface area contributed by atoms with E-state index in [1.54, 1.807) is 26.2 Å². The van der Waals surface area contributed by atoms with Gasteiger partial charge in [-0.25, -0.2) is 0 Å². The Morgan fingerprint density at radius 2 is 1.81 bits per heavy atom. The van der Waals surface area contributed by atoms with Crippen molar-refractivity contribution in [1.29, 1.82) is 0 Å². The molecule has 1 atom stereocenters. The number of nitrogens with zero attached hydrogens (tertiary/aromatic N) is 1. The summed E-state index contributed by atoms with van der Waals surface area (Å²) >= 11 is 0. The lowest BCUT2D eigenvalue weighted by atomic mass is 10.0. The average molecular weight is 357 g/mol. The van der Waals surface area contributed by atoms with E-state index < -0.39 is 10.9 Å². The van der Waals surface area contributed by atoms with Gasteiger partial charge in [-0.3, -0.25) is 14.4 Å². The Morgan fingerprint density at radius 1 is 1.19 bits per heavy atom. The second kappa shape index (κ2) is 7.43. The van der Waals surface area contributed by atoms with Gasteiger partial charge < -0.3 is 20.6 Å². The van der Waals surface area contributed by atoms with Gasteiger partial charge in [-0.05, 0) is 18.1 Å². The Bertz CT molecular complexity index is 908. The number of nitrogens with one attached hydrogen (secondary N) is 2. The van der Waals surface area contributed by atoms with Crippen molar-refractivity contribution in [2.75, 3.05) is 24.7 Å². The van der Waals surface area contributed by atoms with E-state index in [2.05, 4.69) is 17.2 Å². The second-order valence-corrected chi connectivity index (χ2v) is 6.58. The predicted octanol–water partition coefficient (Wildman–Crippen LogP) is 2.06. The lowest BCUT2D eigenvalue weighted by molar-refractivity contribution is 0.0824. The third-order valence-electron chi connectivity index (χ3n) is 4.13. The van der Waals surface area contributed by atoms with Gasteiger partial charge in [0.2, 0.25) is 0 Å². The highest BCUT2D eigenvalue weighted by molar-refractivity contribution is 5.99. The summed E-state index contributed by atoms with van der Waals surface area (Å²) in [6.07, 6.45) is 1.67. The Labute approximate surface area is 151 Å². The molecule has 0 aliphatic carbocycles. The summed E-state index contributed by atoms with van der Waals surface area (Å²) < 4.78 is 0. The number of hydrogen-bond donors (Lipinski definition) is 3. The molecule has 0 aromatic heterocycles. The van der Waals surface area contributed by atoms with Crippen LogP contribution in [0.4, 0.5) is 17.1 Å². The fraction of sp³-hybridized carbons (Fsp3) is 0.316. The highest BCUT2D eigenvalue weighted by atomic mass is 16.3. The normalized spacial score (nSPS) is 12.0. The van der Waals surface area contributed by atoms with Gasteiger partial charge in [0, 0.05) is 20.1 Å². The highest BCUT2D eigenvalue weighted by Gasteiger charge is 2.25. The summed E-state index contributed by atoms with van der Waals surface area (Å²) in [5.41, 5.74) is -0.820. The van der Waals surface area contributed by atoms with Crippen molar-refractivity contribution in [2.24, 2.45) is 5.92 Å². The zero-order valence-corrected chi connectivity index (χ0v) is 15.3. The fourth-order valence-electron chi connectivity index (χ4n) is 2.51. The molecule has 26 heavy (non-hydrogen) atoms. The molecule has 7 heteroatoms. The molecule has 0 radical (unpaired) electrons. The van der Waals surface area contributed by atoms with E-state index in [1.807, 2.05) is 13.8 Å². The standard InChI is InChI=1S/C19H23N3O4/c1-6-12(10(2)3)20-14-15(18(25)17(14)24)21-13-9-7-8-11(16(13)23)19(26)22(4)5/h6-10,12,20-21,23H,1H2,2-5H3/t12-/m1/s1. The number of aromatic hydroxyl groups is 1. The van der Waals surface area contributed by atoms with Crippen LogP contribution < -0.4 is 21.5 Å². The van der Waals surface area contributed by atoms with Crippen molar-refractivity contribution < 1.29 is 9.90 Å². The minimum Gasteiger partial charge on any atom is -0.505 e. The number of phenols is 1. The molecule has 138 valence electrons. The monoisotopic (exact) mass is 357 g/mol. The maximum absolute atomic E-state index is 12.1. The third kappa shape index (κ3) is 3.46. The van der Waals surface area contributed by atoms with Crippen LogP contribution in [0.15, 0.2) is 40.4 Å². The first-order chi connectivity index (χ1) is 12.2. The van der Waals surface area contributed by atoms with Gasteiger partial charge in [0.25, 0.3) is 16.8 Å². The van der Waals surface area contributed by atoms with E-state index in [-0.39, 0.29) is 46.2 Å². The molecule has 0 aliphatic rings. The number of benzene rings is 1. The lowest BCUT2D eigenvalue weighted by Crippen LogP contribution is -2.39. The minimum atomic E-state index is -0.678. The quantitative estimate of drug-likeness (QED) is 0.399. The number of rotatable bonds is 7. The van der Waals surface area contributed by atoms with Gasteiger partial charge >= 0.3 is 0 Å². The first kappa shape index (κ1) is 19.2. The van der Waals surface area contributed by atoms with Crippen LogP contribution in [0.2, 0.25) is 0 Å². The van der Waals surface area contributed by atoms with Crippen molar-refractivity contribution >= 4 is 23.0 Å². The van der Waals surface area contributed by atoms with Crippen LogP contribution in [0.25, 0.3) is 0 Å². The van der Waals surface area contributed by atoms with Crippen LogP contribution in [0.5, 0.6) is 5.75 Å². The molecule has 1 amide bonds. The van der Waals surface area contributed by atoms with Crippen LogP contribution in [0.3, 0.4) is 0 Å². The predicted molar refractivity (Wildman–Crippen MR) is 103 cm³/mol. The average Bonchev–Trinajstić information content (AvgIpc) is 2.60. The molecule has 2 rings (SSSR count). The Morgan fingerprint density at radius 3 is 2.35 bits per heavy atom. The number of carbonyl (C=O) groups excluding carboxylic acids is 1. The smallest absolute Gasteiger partial charge is 0.257 e. The fourth-order valence-corrected chi connectivity index (χ4v) is 2.51. The molecule has 0 saturated carbocycles. The van der Waals surface area contributed by atoms with E-state index >= 15 is 0 Å². The number of hydrogen-bond acceptors (Lipinski definition) is 6. The topological polar surface area (TPSA) is 98.7 Å². The van der Waals surface area contributed by atoms with E-state index in [0.29, 0.717) is 0 Å². The first-order valence-corrected chi connectivity index (χ1v) is 8.22. The molecule has 0 aliphatic heterocycles. The van der Waals surface area contributed by atoms with E-state index in [9.17, 15) is 19.5 Å². The van der Waals surface area contributed by atoms with Crippen LogP contribution in [0.1, 0.15) is 24.2 Å². The zero-order chi connectivity index (χ0) is 19.6. The number of amides is 1. The molecule has 0 fully saturated rings. The lowest BCUT2D eigenvalue weighted by Gasteiger charge is -2.23. The number of phenolic OH excluding ortho intramolecular Hbond substituents is 1. The van der Waals surface area contributed by atoms with Crippen molar-refractivity contribution in [3.63, 3.8) is 0 Å². The summed E-state index contributed by atoms with van der Waals surface area (Å²) in [5, 5.41) is 16.1. The molecular weight excluding hydrogens is 334 g/mol. The summed E-state index contributed by atoms with van der Waals surface area (Å²) in [4.78, 5) is 37.3. The van der Waals surface area contributed by atoms with E-state index in [4.69, 9.17) is 0 Å². The largest absolute Gasteiger partial charge is 0.505 e. The summed E-state index contributed by atoms with van der Waals surface area (Å²) in [7, 11) is 3.14. The molecule has 0 bridgehead atoms. The molecule has 0 saturated heterocycles. The van der Waals surface area contributed by atoms with Crippen molar-refractivity contribution in [2.45, 2.75) is 19.9 Å². The van der Waals surface area contributed by atoms with Gasteiger partial charge in [0.15, 0.2) is 5.75 Å². The van der Waals surface area contributed by atoms with Gasteiger partial charge in [-0.15, -0.1) is 6.58 Å². The molecule has 2 aromatic rings. The van der Waals surface area contributed by atoms with Gasteiger partial charge in [-0.2, -0.15) is 0 Å². The maximum Gasteiger partial charge on any atom is 0.257 e. The molecular formula is C19H23N3O4. The van der Waals surface area contributed by atoms with Gasteiger partial charge in [0.05, 0.1) is 11.3 Å². The second-order valence-electron chi connectivity index (χ2n) is 6.58. The SMILES string of the molecule is C=C[C@@H](Nc1c(Nc2cccc(C(=O)N(C)C)c2O)c(=O)c1=O)C(C)C. The Kier molecular flexibility index (Phi) is 5.50. The molecule has 3 N–H and O–H groups in total. The number of carbonyl (C=O) groups is 1. The summed E-state index contributed by atoms with van der Waals surface area (Å²) in [5.74, 6) is -0.491. The van der Waals surface area contributed by atoms with Gasteiger partial charge in [-0.1, -0.05) is 26.0 Å². The number of para-hydroxylation sites is 1. The Hall–Kier alpha value is -3.09. The number of anilines is 3. The summed E-state index contributed by atoms with van der Waals surface area (Å²) in [6.45, 7) is 7.64. The minimum absolute atomic E-state index is 0.0623. The molecule has 0 unspecified atom stereocenters. The molecule has 7 nitrogen and oxygen atoms in total. The van der Waals surface area contributed by atoms with Gasteiger partial charge in [0.1, 0.15) is 11.4 Å². The zero-order valence-electron chi connectivity index (χ0n) is 15.3. The molecule has 2 aromatic carbocycles. The van der Waals surface area contributed by atoms with Crippen LogP contribution in [-0.4, -0.2) is 36.1 Å². The van der Waals surface area contributed by atoms with E-state index in [1.165, 1.54) is 17.0 Å². The van der Waals surface area contributed by atoms with Crippen molar-refractivity contribution in [3.05, 3.63) is 56.9 Å². The third-order valence-corrected chi connectivity index (χ3v) is 4.13. The van der Waals surface area contributed by atoms with Crippen LogP contribution in [0, 0.1) is 5.92 Å². The molecule has 0 spiro atoms. The van der Waals surface area contributed by atoms with Crippen LogP contribution in [-0.2, 0) is 0 Å². The highest BCUT2D eigenvalue weighted by Crippen LogP contribution is 2.32. The van der Waals surface area contributed by atoms with E-state index in [0.717, 1.165) is 0 Å². The maximum atomic E-state index is 12.1. The first-order valence-electron chi connectivity index (χ1n) is 8.22. The van der Waals surface area contributed by atoms with Crippen molar-refractivity contribution in [1.82, 2.24) is 4.90 Å². The van der Waals surface area contributed by atoms with Crippen LogP contribution >= 0.6 is 0 Å². The Balaban J connectivity index is 2.36. The van der Waals surface area contributed by atoms with Crippen molar-refractivity contribution in [3.8, 4) is 5.75 Å².